The van der Waals surface area contributed by atoms with Crippen LogP contribution in [-0.2, 0) is 16.1 Å². The van der Waals surface area contributed by atoms with E-state index >= 15 is 0 Å². The molecular weight excluding hydrogens is 588 g/mol. The highest BCUT2D eigenvalue weighted by Gasteiger charge is 2.41. The normalized spacial score (nSPS) is 13.1. The number of nitrogens with one attached hydrogen (secondary N) is 1. The second-order valence-electron chi connectivity index (χ2n) is 9.23. The van der Waals surface area contributed by atoms with Gasteiger partial charge >= 0.3 is 24.2 Å². The number of carbonyl (C=O) groups is 2. The maximum Gasteiger partial charge on any atom is 0.490 e. The van der Waals surface area contributed by atoms with Crippen LogP contribution in [0.4, 0.5) is 42.6 Å². The predicted octanol–water partition coefficient (Wildman–Crippen LogP) is 4.01. The molecule has 0 fully saturated rings. The van der Waals surface area contributed by atoms with E-state index in [-0.39, 0.29) is 62.5 Å². The molecule has 2 aromatic carbocycles. The van der Waals surface area contributed by atoms with Crippen LogP contribution >= 0.6 is 0 Å². The van der Waals surface area contributed by atoms with E-state index in [2.05, 4.69) is 20.0 Å². The van der Waals surface area contributed by atoms with Crippen molar-refractivity contribution >= 4 is 23.5 Å². The van der Waals surface area contributed by atoms with E-state index in [1.807, 2.05) is 0 Å². The summed E-state index contributed by atoms with van der Waals surface area (Å²) in [4.78, 5) is 34.7. The molecule has 2 N–H and O–H groups in total. The molecule has 10 nitrogen and oxygen atoms in total. The first-order valence-electron chi connectivity index (χ1n) is 12.8. The number of ether oxygens (including phenoxy) is 2. The number of aliphatic hydroxyl groups excluding tert-OH is 1. The number of halogens is 6. The Morgan fingerprint density at radius 1 is 1.07 bits per heavy atom. The molecule has 4 rings (SSSR count). The summed E-state index contributed by atoms with van der Waals surface area (Å²) in [5.41, 5.74) is 0.622. The van der Waals surface area contributed by atoms with Crippen molar-refractivity contribution in [3.8, 4) is 17.3 Å². The van der Waals surface area contributed by atoms with Crippen LogP contribution < -0.4 is 15.0 Å². The Bertz CT molecular complexity index is 1490. The number of alkyl halides is 3. The minimum Gasteiger partial charge on any atom is -0.462 e. The summed E-state index contributed by atoms with van der Waals surface area (Å²) in [5, 5.41) is 11.8. The van der Waals surface area contributed by atoms with Crippen molar-refractivity contribution in [2.45, 2.75) is 19.6 Å². The summed E-state index contributed by atoms with van der Waals surface area (Å²) >= 11 is 0. The highest BCUT2D eigenvalue weighted by molar-refractivity contribution is 6.02. The van der Waals surface area contributed by atoms with Gasteiger partial charge in [-0.3, -0.25) is 4.90 Å². The Labute approximate surface area is 240 Å². The molecule has 16 heteroatoms. The van der Waals surface area contributed by atoms with Crippen molar-refractivity contribution in [2.75, 3.05) is 44.4 Å². The van der Waals surface area contributed by atoms with Gasteiger partial charge in [-0.1, -0.05) is 6.07 Å². The summed E-state index contributed by atoms with van der Waals surface area (Å²) in [6.45, 7) is 0.135. The molecule has 0 spiro atoms. The summed E-state index contributed by atoms with van der Waals surface area (Å²) in [6, 6.07) is 5.71. The lowest BCUT2D eigenvalue weighted by atomic mass is 10.00. The minimum atomic E-state index is -5.15. The Kier molecular flexibility index (Phi) is 9.70. The van der Waals surface area contributed by atoms with E-state index in [0.717, 1.165) is 18.2 Å². The second-order valence-corrected chi connectivity index (χ2v) is 9.23. The first-order valence-corrected chi connectivity index (χ1v) is 12.8. The first kappa shape index (κ1) is 31.5. The van der Waals surface area contributed by atoms with Crippen molar-refractivity contribution in [3.05, 3.63) is 65.0 Å². The van der Waals surface area contributed by atoms with Gasteiger partial charge < -0.3 is 19.9 Å². The van der Waals surface area contributed by atoms with Gasteiger partial charge in [-0.15, -0.1) is 0 Å². The van der Waals surface area contributed by atoms with E-state index in [4.69, 9.17) is 4.74 Å². The number of hydrogen-bond acceptors (Lipinski definition) is 8. The standard InChI is InChI=1S/C27H25F6N5O5/c1-15-13-16(28)5-6-17(15)21-18-14-34-26(41)38(22-19(29)3-2-4-20(22)30)23(18)36-25(35-21)43-12-9-37(7-10-39)8-11-42-24(40)27(31,32)33/h2-6,13,39H,7-12,14H2,1H3,(H,34,41). The molecule has 0 atom stereocenters. The Hall–Kier alpha value is -4.44. The molecule has 1 aliphatic rings. The van der Waals surface area contributed by atoms with Gasteiger partial charge in [0.05, 0.1) is 18.8 Å². The second kappa shape index (κ2) is 13.2. The van der Waals surface area contributed by atoms with Crippen molar-refractivity contribution in [1.29, 1.82) is 0 Å². The number of para-hydroxylation sites is 1. The first-order chi connectivity index (χ1) is 20.4. The molecule has 0 saturated carbocycles. The number of aliphatic hydroxyl groups is 1. The minimum absolute atomic E-state index is 0.00148. The fraction of sp³-hybridized carbons (Fsp3) is 0.333. The van der Waals surface area contributed by atoms with Crippen LogP contribution in [0.3, 0.4) is 0 Å². The maximum absolute atomic E-state index is 14.8. The molecule has 2 amide bonds. The third-order valence-electron chi connectivity index (χ3n) is 6.33. The fourth-order valence-electron chi connectivity index (χ4n) is 4.32. The monoisotopic (exact) mass is 613 g/mol. The van der Waals surface area contributed by atoms with Gasteiger partial charge in [0.15, 0.2) is 5.82 Å². The summed E-state index contributed by atoms with van der Waals surface area (Å²) in [6.07, 6.45) is -5.15. The average molecular weight is 614 g/mol. The fourth-order valence-corrected chi connectivity index (χ4v) is 4.32. The average Bonchev–Trinajstić information content (AvgIpc) is 2.93. The number of amides is 2. The third-order valence-corrected chi connectivity index (χ3v) is 6.33. The largest absolute Gasteiger partial charge is 0.490 e. The van der Waals surface area contributed by atoms with Gasteiger partial charge in [-0.05, 0) is 42.8 Å². The highest BCUT2D eigenvalue weighted by atomic mass is 19.4. The molecule has 0 radical (unpaired) electrons. The number of anilines is 2. The molecule has 1 aliphatic heterocycles. The number of rotatable bonds is 11. The van der Waals surface area contributed by atoms with Gasteiger partial charge in [0.25, 0.3) is 0 Å². The van der Waals surface area contributed by atoms with E-state index in [1.165, 1.54) is 23.1 Å². The van der Waals surface area contributed by atoms with Gasteiger partial charge in [0.2, 0.25) is 0 Å². The number of nitrogens with zero attached hydrogens (tertiary/aromatic N) is 4. The maximum atomic E-state index is 14.8. The van der Waals surface area contributed by atoms with Crippen molar-refractivity contribution in [2.24, 2.45) is 0 Å². The van der Waals surface area contributed by atoms with E-state index < -0.39 is 47.9 Å². The number of benzene rings is 2. The van der Waals surface area contributed by atoms with Crippen LogP contribution in [0.1, 0.15) is 11.1 Å². The Balaban J connectivity index is 1.65. The number of hydrogen-bond donors (Lipinski definition) is 2. The summed E-state index contributed by atoms with van der Waals surface area (Å²) in [5.74, 6) is -5.15. The number of aryl methyl sites for hydroxylation is 1. The molecule has 0 aliphatic carbocycles. The molecule has 0 unspecified atom stereocenters. The SMILES string of the molecule is Cc1cc(F)ccc1-c1nc(OCCN(CCO)CCOC(=O)C(F)(F)F)nc2c1CNC(=O)N2c1c(F)cccc1F. The molecule has 0 bridgehead atoms. The quantitative estimate of drug-likeness (QED) is 0.246. The van der Waals surface area contributed by atoms with Crippen LogP contribution in [0.25, 0.3) is 11.3 Å². The summed E-state index contributed by atoms with van der Waals surface area (Å²) in [7, 11) is 0. The number of fused-ring (bicyclic) bond motifs is 1. The third kappa shape index (κ3) is 7.32. The van der Waals surface area contributed by atoms with Crippen molar-refractivity contribution in [3.63, 3.8) is 0 Å². The molecule has 2 heterocycles. The van der Waals surface area contributed by atoms with Gasteiger partial charge in [-0.2, -0.15) is 23.1 Å². The lowest BCUT2D eigenvalue weighted by molar-refractivity contribution is -0.200. The number of esters is 1. The van der Waals surface area contributed by atoms with E-state index in [9.17, 15) is 41.0 Å². The van der Waals surface area contributed by atoms with E-state index in [1.54, 1.807) is 6.92 Å². The Morgan fingerprint density at radius 3 is 2.42 bits per heavy atom. The zero-order valence-electron chi connectivity index (χ0n) is 22.6. The predicted molar refractivity (Wildman–Crippen MR) is 139 cm³/mol. The zero-order valence-corrected chi connectivity index (χ0v) is 22.6. The Morgan fingerprint density at radius 2 is 1.77 bits per heavy atom. The van der Waals surface area contributed by atoms with Gasteiger partial charge in [0.1, 0.15) is 36.4 Å². The lowest BCUT2D eigenvalue weighted by Gasteiger charge is -2.30. The topological polar surface area (TPSA) is 117 Å². The van der Waals surface area contributed by atoms with Crippen LogP contribution in [0.5, 0.6) is 6.01 Å². The molecule has 0 saturated heterocycles. The number of aromatic nitrogens is 2. The van der Waals surface area contributed by atoms with Crippen molar-refractivity contribution < 1.29 is 50.5 Å². The summed E-state index contributed by atoms with van der Waals surface area (Å²) < 4.78 is 90.6. The van der Waals surface area contributed by atoms with Gasteiger partial charge in [0, 0.05) is 30.8 Å². The molecule has 1 aromatic heterocycles. The number of urea groups is 1. The van der Waals surface area contributed by atoms with Crippen molar-refractivity contribution in [1.82, 2.24) is 20.2 Å². The van der Waals surface area contributed by atoms with Crippen LogP contribution in [0.15, 0.2) is 36.4 Å². The molecule has 43 heavy (non-hydrogen) atoms. The molecule has 3 aromatic rings. The van der Waals surface area contributed by atoms with Crippen LogP contribution in [0.2, 0.25) is 0 Å². The smallest absolute Gasteiger partial charge is 0.462 e. The van der Waals surface area contributed by atoms with E-state index in [0.29, 0.717) is 16.0 Å². The van der Waals surface area contributed by atoms with Crippen LogP contribution in [0, 0.1) is 24.4 Å². The molecular formula is C27H25F6N5O5. The lowest BCUT2D eigenvalue weighted by Crippen LogP contribution is -2.43. The molecule has 230 valence electrons. The highest BCUT2D eigenvalue weighted by Crippen LogP contribution is 2.39. The zero-order chi connectivity index (χ0) is 31.3. The van der Waals surface area contributed by atoms with Gasteiger partial charge in [-0.25, -0.2) is 27.7 Å². The number of carbonyl (C=O) groups excluding carboxylic acids is 2. The van der Waals surface area contributed by atoms with Crippen LogP contribution in [-0.4, -0.2) is 77.6 Å².